The number of carbonyl (C=O) groups is 3. The van der Waals surface area contributed by atoms with Gasteiger partial charge in [-0.2, -0.15) is 37.9 Å². The fourth-order valence-corrected chi connectivity index (χ4v) is 5.09. The zero-order valence-corrected chi connectivity index (χ0v) is 33.0. The van der Waals surface area contributed by atoms with Gasteiger partial charge in [-0.1, -0.05) is 119 Å². The monoisotopic (exact) mass is 748 g/mol. The van der Waals surface area contributed by atoms with Crippen LogP contribution in [0.5, 0.6) is 0 Å². The van der Waals surface area contributed by atoms with E-state index in [1.807, 2.05) is 0 Å². The van der Waals surface area contributed by atoms with Crippen molar-refractivity contribution in [3.63, 3.8) is 0 Å². The molecule has 41 heavy (non-hydrogen) atoms. The van der Waals surface area contributed by atoms with E-state index in [0.717, 1.165) is 38.5 Å². The molecule has 0 aliphatic carbocycles. The number of thiol groups is 3. The maximum absolute atomic E-state index is 10.5. The Morgan fingerprint density at radius 2 is 0.707 bits per heavy atom. The van der Waals surface area contributed by atoms with Crippen molar-refractivity contribution in [2.75, 3.05) is 0 Å². The van der Waals surface area contributed by atoms with Gasteiger partial charge in [0, 0.05) is 0 Å². The van der Waals surface area contributed by atoms with E-state index in [0.29, 0.717) is 37.0 Å². The van der Waals surface area contributed by atoms with E-state index in [2.05, 4.69) is 84.4 Å². The number of carboxylic acid groups (broad SMARTS) is 3. The molecule has 0 fully saturated rings. The van der Waals surface area contributed by atoms with Crippen molar-refractivity contribution >= 4 is 78.3 Å². The summed E-state index contributed by atoms with van der Waals surface area (Å²) in [6, 6.07) is 0. The molecule has 0 aromatic rings. The van der Waals surface area contributed by atoms with Gasteiger partial charge in [-0.25, -0.2) is 0 Å². The molecule has 0 saturated carbocycles. The van der Waals surface area contributed by atoms with Gasteiger partial charge in [-0.15, -0.1) is 0 Å². The summed E-state index contributed by atoms with van der Waals surface area (Å²) < 4.78 is 0. The van der Waals surface area contributed by atoms with Crippen LogP contribution < -0.4 is 0 Å². The van der Waals surface area contributed by atoms with Crippen molar-refractivity contribution in [3.8, 4) is 0 Å². The molecule has 246 valence electrons. The predicted molar refractivity (Wildman–Crippen MR) is 188 cm³/mol. The first-order valence-electron chi connectivity index (χ1n) is 15.6. The Balaban J connectivity index is -0.000000243. The normalized spacial score (nSPS) is 14.7. The summed E-state index contributed by atoms with van der Waals surface area (Å²) in [5, 5.41) is 24.6. The average Bonchev–Trinajstić information content (AvgIpc) is 2.96. The third kappa shape index (κ3) is 33.0. The van der Waals surface area contributed by atoms with Crippen molar-refractivity contribution in [1.29, 1.82) is 0 Å². The Morgan fingerprint density at radius 3 is 0.829 bits per heavy atom. The molecular weight excluding hydrogens is 683 g/mol. The Hall–Kier alpha value is 0.259. The minimum atomic E-state index is -0.793. The predicted octanol–water partition coefficient (Wildman–Crippen LogP) is 8.86. The third-order valence-corrected chi connectivity index (χ3v) is 8.45. The summed E-state index contributed by atoms with van der Waals surface area (Å²) in [6.45, 7) is 12.8. The van der Waals surface area contributed by atoms with Crippen LogP contribution in [0.25, 0.3) is 0 Å². The average molecular weight is 748 g/mol. The summed E-state index contributed by atoms with van der Waals surface area (Å²) in [6.07, 6.45) is 15.8. The van der Waals surface area contributed by atoms with E-state index in [4.69, 9.17) is 15.3 Å². The topological polar surface area (TPSA) is 112 Å². The maximum atomic E-state index is 10.5. The summed E-state index contributed by atoms with van der Waals surface area (Å²) in [5.41, 5.74) is 0. The van der Waals surface area contributed by atoms with E-state index >= 15 is 0 Å². The number of rotatable bonds is 21. The molecule has 0 aliphatic rings. The molecular formula is C31H64O6S3Sn. The third-order valence-electron chi connectivity index (χ3n) is 7.15. The number of unbranched alkanes of at least 4 members (excludes halogenated alkanes) is 3. The molecule has 0 rings (SSSR count). The Labute approximate surface area is 282 Å². The summed E-state index contributed by atoms with van der Waals surface area (Å²) in [4.78, 5) is 33.8. The molecule has 6 nitrogen and oxygen atoms in total. The molecule has 0 aliphatic heterocycles. The van der Waals surface area contributed by atoms with Crippen LogP contribution in [0.3, 0.4) is 0 Å². The summed E-state index contributed by atoms with van der Waals surface area (Å²) >= 11 is 13.5. The van der Waals surface area contributed by atoms with Crippen LogP contribution >= 0.6 is 37.9 Å². The number of aliphatic carboxylic acids is 3. The zero-order valence-electron chi connectivity index (χ0n) is 27.1. The van der Waals surface area contributed by atoms with E-state index < -0.39 is 33.7 Å². The van der Waals surface area contributed by atoms with Gasteiger partial charge in [0.15, 0.2) is 0 Å². The molecule has 3 N–H and O–H groups in total. The van der Waals surface area contributed by atoms with Crippen LogP contribution in [0.15, 0.2) is 0 Å². The van der Waals surface area contributed by atoms with Crippen molar-refractivity contribution in [2.45, 2.75) is 159 Å². The second-order valence-corrected chi connectivity index (χ2v) is 12.4. The van der Waals surface area contributed by atoms with E-state index in [1.54, 1.807) is 0 Å². The van der Waals surface area contributed by atoms with Crippen molar-refractivity contribution in [3.05, 3.63) is 0 Å². The van der Waals surface area contributed by atoms with Gasteiger partial charge < -0.3 is 15.3 Å². The molecule has 0 saturated heterocycles. The second kappa shape index (κ2) is 34.7. The molecule has 6 atom stereocenters. The van der Waals surface area contributed by atoms with E-state index in [-0.39, 0.29) is 0 Å². The molecule has 6 unspecified atom stereocenters. The molecule has 10 heteroatoms. The molecule has 0 amide bonds. The van der Waals surface area contributed by atoms with Crippen LogP contribution in [0, 0.1) is 17.8 Å². The van der Waals surface area contributed by atoms with Crippen LogP contribution in [-0.2, 0) is 14.4 Å². The molecule has 2 radical (unpaired) electrons. The van der Waals surface area contributed by atoms with Gasteiger partial charge in [-0.05, 0) is 37.0 Å². The molecule has 0 aromatic carbocycles. The van der Waals surface area contributed by atoms with Crippen molar-refractivity contribution in [2.24, 2.45) is 17.8 Å². The fraction of sp³-hybridized carbons (Fsp3) is 0.903. The zero-order chi connectivity index (χ0) is 32.8. The molecule has 0 spiro atoms. The standard InChI is InChI=1S/3C10H20O2S.CH3.Sn.H/c3*1-3-5-6-8(4-2)7-9(13)10(11)12;;;/h3*8-9,13H,3-7H2,1-2H3,(H,11,12);1H3;;. The Morgan fingerprint density at radius 1 is 0.512 bits per heavy atom. The number of hydrogen-bond acceptors (Lipinski definition) is 6. The Bertz CT molecular complexity index is 532. The fourth-order valence-electron chi connectivity index (χ4n) is 4.19. The van der Waals surface area contributed by atoms with Crippen LogP contribution in [-0.4, -0.2) is 71.5 Å². The van der Waals surface area contributed by atoms with Gasteiger partial charge in [-0.3, -0.25) is 14.4 Å². The van der Waals surface area contributed by atoms with Crippen molar-refractivity contribution in [1.82, 2.24) is 0 Å². The quantitative estimate of drug-likeness (QED) is 0.0517. The van der Waals surface area contributed by atoms with Crippen LogP contribution in [0.1, 0.15) is 138 Å². The van der Waals surface area contributed by atoms with E-state index in [1.165, 1.54) is 61.0 Å². The number of carboxylic acids is 3. The van der Waals surface area contributed by atoms with Gasteiger partial charge in [0.25, 0.3) is 0 Å². The molecule has 0 aromatic heterocycles. The van der Waals surface area contributed by atoms with Crippen molar-refractivity contribution < 1.29 is 29.7 Å². The Kier molecular flexibility index (Phi) is 40.8. The van der Waals surface area contributed by atoms with E-state index in [9.17, 15) is 14.4 Å². The first kappa shape index (κ1) is 48.2. The molecule has 0 bridgehead atoms. The first-order chi connectivity index (χ1) is 19.3. The van der Waals surface area contributed by atoms with Gasteiger partial charge in [0.2, 0.25) is 0 Å². The van der Waals surface area contributed by atoms with Crippen LogP contribution in [0.2, 0.25) is 4.94 Å². The first-order valence-corrected chi connectivity index (χ1v) is 20.5. The minimum absolute atomic E-state index is 0.484. The van der Waals surface area contributed by atoms with Crippen LogP contribution in [0.4, 0.5) is 0 Å². The molecule has 0 heterocycles. The van der Waals surface area contributed by atoms with Gasteiger partial charge in [0.1, 0.15) is 0 Å². The summed E-state index contributed by atoms with van der Waals surface area (Å²) in [7, 11) is 0. The van der Waals surface area contributed by atoms with Gasteiger partial charge >= 0.3 is 45.4 Å². The SMILES string of the molecule is CCCCC(CC)CC(S)C(=O)O.CCCCC(CC)CC(S)C(=O)O.CCCCC(CC)CC(S)C(=O)O.[CH3][SnH]. The second-order valence-electron chi connectivity index (χ2n) is 10.5. The number of hydrogen-bond donors (Lipinski definition) is 6. The summed E-state index contributed by atoms with van der Waals surface area (Å²) in [5.74, 6) is -0.800. The van der Waals surface area contributed by atoms with Gasteiger partial charge in [0.05, 0.1) is 15.7 Å².